The zero-order valence-electron chi connectivity index (χ0n) is 9.66. The van der Waals surface area contributed by atoms with Crippen LogP contribution in [-0.4, -0.2) is 48.4 Å². The molecule has 90 valence electrons. The number of amides is 1. The maximum absolute atomic E-state index is 11.3. The van der Waals surface area contributed by atoms with Gasteiger partial charge in [0.1, 0.15) is 0 Å². The van der Waals surface area contributed by atoms with E-state index in [0.29, 0.717) is 18.8 Å². The molecule has 0 rings (SSSR count). The molecule has 0 aliphatic heterocycles. The molecule has 0 saturated carbocycles. The predicted octanol–water partition coefficient (Wildman–Crippen LogP) is 0.642. The van der Waals surface area contributed by atoms with Crippen molar-refractivity contribution in [2.75, 3.05) is 25.2 Å². The van der Waals surface area contributed by atoms with Gasteiger partial charge in [0, 0.05) is 18.9 Å². The van der Waals surface area contributed by atoms with Crippen LogP contribution in [0.3, 0.4) is 0 Å². The molecule has 0 heterocycles. The van der Waals surface area contributed by atoms with Crippen LogP contribution in [0.25, 0.3) is 0 Å². The smallest absolute Gasteiger partial charge is 0.230 e. The van der Waals surface area contributed by atoms with E-state index in [1.807, 2.05) is 6.92 Å². The van der Waals surface area contributed by atoms with Crippen LogP contribution in [0, 0.1) is 0 Å². The van der Waals surface area contributed by atoms with Crippen molar-refractivity contribution in [1.29, 1.82) is 0 Å². The quantitative estimate of drug-likeness (QED) is 0.606. The molecule has 0 saturated heterocycles. The van der Waals surface area contributed by atoms with Crippen molar-refractivity contribution >= 4 is 17.7 Å². The summed E-state index contributed by atoms with van der Waals surface area (Å²) in [6.45, 7) is 4.28. The minimum atomic E-state index is -0.374. The van der Waals surface area contributed by atoms with Gasteiger partial charge in [-0.05, 0) is 20.3 Å². The first-order valence-corrected chi connectivity index (χ1v) is 6.25. The van der Waals surface area contributed by atoms with Crippen molar-refractivity contribution in [1.82, 2.24) is 5.32 Å². The number of methoxy groups -OCH3 is 1. The highest BCUT2D eigenvalue weighted by molar-refractivity contribution is 7.99. The lowest BCUT2D eigenvalue weighted by molar-refractivity contribution is -0.119. The summed E-state index contributed by atoms with van der Waals surface area (Å²) < 4.78 is 4.87. The summed E-state index contributed by atoms with van der Waals surface area (Å²) in [6, 6.07) is 0.0283. The number of thioether (sulfide) groups is 1. The molecule has 0 radical (unpaired) electrons. The van der Waals surface area contributed by atoms with Crippen LogP contribution in [0.4, 0.5) is 0 Å². The first kappa shape index (κ1) is 14.7. The van der Waals surface area contributed by atoms with Crippen molar-refractivity contribution in [2.45, 2.75) is 32.4 Å². The number of hydrogen-bond donors (Lipinski definition) is 2. The number of rotatable bonds is 8. The molecular formula is C10H21NO3S. The fraction of sp³-hybridized carbons (Fsp3) is 0.900. The molecule has 0 bridgehead atoms. The van der Waals surface area contributed by atoms with Gasteiger partial charge in [0.25, 0.3) is 0 Å². The van der Waals surface area contributed by atoms with Crippen molar-refractivity contribution in [3.63, 3.8) is 0 Å². The van der Waals surface area contributed by atoms with Crippen molar-refractivity contribution in [2.24, 2.45) is 0 Å². The Bertz CT molecular complexity index is 176. The molecule has 2 unspecified atom stereocenters. The van der Waals surface area contributed by atoms with E-state index in [0.717, 1.165) is 5.75 Å². The van der Waals surface area contributed by atoms with Gasteiger partial charge in [0.2, 0.25) is 5.91 Å². The first-order chi connectivity index (χ1) is 7.06. The van der Waals surface area contributed by atoms with Crippen LogP contribution >= 0.6 is 11.8 Å². The van der Waals surface area contributed by atoms with Gasteiger partial charge >= 0.3 is 0 Å². The summed E-state index contributed by atoms with van der Waals surface area (Å²) >= 11 is 1.55. The Morgan fingerprint density at radius 2 is 2.20 bits per heavy atom. The van der Waals surface area contributed by atoms with Crippen molar-refractivity contribution in [3.05, 3.63) is 0 Å². The highest BCUT2D eigenvalue weighted by Crippen LogP contribution is 2.01. The van der Waals surface area contributed by atoms with E-state index in [1.54, 1.807) is 25.8 Å². The number of hydrogen-bond acceptors (Lipinski definition) is 4. The molecule has 0 spiro atoms. The second-order valence-electron chi connectivity index (χ2n) is 3.60. The summed E-state index contributed by atoms with van der Waals surface area (Å²) in [5.74, 6) is 1.30. The number of ether oxygens (including phenoxy) is 1. The topological polar surface area (TPSA) is 58.6 Å². The average molecular weight is 235 g/mol. The van der Waals surface area contributed by atoms with Gasteiger partial charge < -0.3 is 15.2 Å². The van der Waals surface area contributed by atoms with E-state index >= 15 is 0 Å². The number of aliphatic hydroxyl groups is 1. The van der Waals surface area contributed by atoms with Crippen molar-refractivity contribution in [3.8, 4) is 0 Å². The summed E-state index contributed by atoms with van der Waals surface area (Å²) in [6.07, 6.45) is 0.218. The van der Waals surface area contributed by atoms with Crippen molar-refractivity contribution < 1.29 is 14.6 Å². The molecule has 5 heteroatoms. The van der Waals surface area contributed by atoms with E-state index in [2.05, 4.69) is 5.32 Å². The molecule has 0 aromatic carbocycles. The molecule has 0 aromatic rings. The minimum absolute atomic E-state index is 0.0178. The van der Waals surface area contributed by atoms with E-state index in [1.165, 1.54) is 0 Å². The van der Waals surface area contributed by atoms with E-state index in [-0.39, 0.29) is 18.1 Å². The Balaban J connectivity index is 3.47. The average Bonchev–Trinajstić information content (AvgIpc) is 2.10. The highest BCUT2D eigenvalue weighted by Gasteiger charge is 2.09. The third-order valence-electron chi connectivity index (χ3n) is 1.77. The molecule has 1 amide bonds. The van der Waals surface area contributed by atoms with Gasteiger partial charge in [-0.25, -0.2) is 0 Å². The van der Waals surface area contributed by atoms with Gasteiger partial charge in [-0.2, -0.15) is 0 Å². The van der Waals surface area contributed by atoms with Crippen LogP contribution < -0.4 is 5.32 Å². The molecule has 15 heavy (non-hydrogen) atoms. The van der Waals surface area contributed by atoms with Gasteiger partial charge in [-0.15, -0.1) is 11.8 Å². The molecule has 0 fully saturated rings. The monoisotopic (exact) mass is 235 g/mol. The highest BCUT2D eigenvalue weighted by atomic mass is 32.2. The molecule has 4 nitrogen and oxygen atoms in total. The van der Waals surface area contributed by atoms with Crippen LogP contribution in [0.5, 0.6) is 0 Å². The predicted molar refractivity (Wildman–Crippen MR) is 63.1 cm³/mol. The molecule has 2 atom stereocenters. The lowest BCUT2D eigenvalue weighted by atomic mass is 10.1. The third kappa shape index (κ3) is 10.0. The lowest BCUT2D eigenvalue weighted by Crippen LogP contribution is -2.35. The maximum atomic E-state index is 11.3. The Kier molecular flexibility index (Phi) is 8.85. The summed E-state index contributed by atoms with van der Waals surface area (Å²) in [5.41, 5.74) is 0. The van der Waals surface area contributed by atoms with Gasteiger partial charge in [-0.1, -0.05) is 0 Å². The summed E-state index contributed by atoms with van der Waals surface area (Å²) in [7, 11) is 1.64. The minimum Gasteiger partial charge on any atom is -0.393 e. The maximum Gasteiger partial charge on any atom is 0.230 e. The number of aliphatic hydroxyl groups excluding tert-OH is 1. The first-order valence-electron chi connectivity index (χ1n) is 5.10. The Labute approximate surface area is 95.8 Å². The summed E-state index contributed by atoms with van der Waals surface area (Å²) in [4.78, 5) is 11.3. The lowest BCUT2D eigenvalue weighted by Gasteiger charge is -2.15. The third-order valence-corrected chi connectivity index (χ3v) is 2.69. The Morgan fingerprint density at radius 1 is 1.53 bits per heavy atom. The van der Waals surface area contributed by atoms with E-state index in [9.17, 15) is 4.79 Å². The summed E-state index contributed by atoms with van der Waals surface area (Å²) in [5, 5.41) is 11.9. The number of nitrogens with one attached hydrogen (secondary N) is 1. The second-order valence-corrected chi connectivity index (χ2v) is 4.70. The molecule has 0 aliphatic carbocycles. The fourth-order valence-electron chi connectivity index (χ4n) is 1.19. The van der Waals surface area contributed by atoms with Crippen LogP contribution in [-0.2, 0) is 9.53 Å². The zero-order valence-corrected chi connectivity index (χ0v) is 10.5. The largest absolute Gasteiger partial charge is 0.393 e. The standard InChI is InChI=1S/C10H21NO3S/c1-8(6-9(2)12)11-10(13)7-15-5-4-14-3/h8-9,12H,4-7H2,1-3H3,(H,11,13). The van der Waals surface area contributed by atoms with Crippen LogP contribution in [0.15, 0.2) is 0 Å². The van der Waals surface area contributed by atoms with Crippen LogP contribution in [0.1, 0.15) is 20.3 Å². The Hall–Kier alpha value is -0.260. The number of carbonyl (C=O) groups excluding carboxylic acids is 1. The Morgan fingerprint density at radius 3 is 2.73 bits per heavy atom. The second kappa shape index (κ2) is 9.00. The van der Waals surface area contributed by atoms with Gasteiger partial charge in [0.05, 0.1) is 18.5 Å². The van der Waals surface area contributed by atoms with E-state index < -0.39 is 0 Å². The van der Waals surface area contributed by atoms with E-state index in [4.69, 9.17) is 9.84 Å². The van der Waals surface area contributed by atoms with Gasteiger partial charge in [-0.3, -0.25) is 4.79 Å². The van der Waals surface area contributed by atoms with Crippen LogP contribution in [0.2, 0.25) is 0 Å². The molecule has 2 N–H and O–H groups in total. The SMILES string of the molecule is COCCSCC(=O)NC(C)CC(C)O. The van der Waals surface area contributed by atoms with Gasteiger partial charge in [0.15, 0.2) is 0 Å². The molecule has 0 aromatic heterocycles. The zero-order chi connectivity index (χ0) is 11.7. The fourth-order valence-corrected chi connectivity index (χ4v) is 1.89. The molecule has 0 aliphatic rings. The normalized spacial score (nSPS) is 14.7. The molecular weight excluding hydrogens is 214 g/mol. The number of carbonyl (C=O) groups is 1.